The zero-order valence-corrected chi connectivity index (χ0v) is 12.4. The summed E-state index contributed by atoms with van der Waals surface area (Å²) in [7, 11) is 0. The van der Waals surface area contributed by atoms with Crippen LogP contribution in [0.2, 0.25) is 0 Å². The highest BCUT2D eigenvalue weighted by Crippen LogP contribution is 2.32. The van der Waals surface area contributed by atoms with Crippen molar-refractivity contribution >= 4 is 11.8 Å². The fraction of sp³-hybridized carbons (Fsp3) is 0.625. The molecule has 3 rings (SSSR count). The van der Waals surface area contributed by atoms with Gasteiger partial charge in [0.25, 0.3) is 0 Å². The zero-order chi connectivity index (χ0) is 13.1. The lowest BCUT2D eigenvalue weighted by Crippen LogP contribution is -2.36. The van der Waals surface area contributed by atoms with Crippen molar-refractivity contribution in [3.05, 3.63) is 35.4 Å². The van der Waals surface area contributed by atoms with Crippen molar-refractivity contribution < 1.29 is 4.74 Å². The average molecular weight is 277 g/mol. The summed E-state index contributed by atoms with van der Waals surface area (Å²) in [5.74, 6) is 1.24. The van der Waals surface area contributed by atoms with E-state index in [4.69, 9.17) is 4.74 Å². The van der Waals surface area contributed by atoms with Gasteiger partial charge in [0.05, 0.1) is 19.3 Å². The molecule has 1 N–H and O–H groups in total. The summed E-state index contributed by atoms with van der Waals surface area (Å²) in [6.07, 6.45) is 4.00. The van der Waals surface area contributed by atoms with Gasteiger partial charge in [-0.2, -0.15) is 11.8 Å². The number of nitrogens with one attached hydrogen (secondary N) is 1. The number of benzene rings is 1. The van der Waals surface area contributed by atoms with E-state index in [-0.39, 0.29) is 0 Å². The van der Waals surface area contributed by atoms with Crippen LogP contribution in [0.15, 0.2) is 24.3 Å². The molecule has 2 nitrogen and oxygen atoms in total. The molecule has 2 aliphatic rings. The number of thioether (sulfide) groups is 1. The predicted molar refractivity (Wildman–Crippen MR) is 81.5 cm³/mol. The second-order valence-electron chi connectivity index (χ2n) is 5.52. The van der Waals surface area contributed by atoms with Crippen LogP contribution in [0.3, 0.4) is 0 Å². The second kappa shape index (κ2) is 6.29. The van der Waals surface area contributed by atoms with Crippen molar-refractivity contribution in [1.82, 2.24) is 5.32 Å². The first-order valence-electron chi connectivity index (χ1n) is 7.40. The van der Waals surface area contributed by atoms with Gasteiger partial charge < -0.3 is 10.1 Å². The molecule has 1 aliphatic heterocycles. The molecule has 0 aromatic heterocycles. The molecular formula is C16H23NOS. The standard InChI is InChI=1S/C16H23NOS/c1-2-19-14-8-7-13(9-14)17-16-11-18-10-12-5-3-4-6-15(12)16/h3-6,13-14,16-17H,2,7-11H2,1H3. The summed E-state index contributed by atoms with van der Waals surface area (Å²) in [6.45, 7) is 3.85. The lowest BCUT2D eigenvalue weighted by molar-refractivity contribution is 0.0786. The Labute approximate surface area is 120 Å². The summed E-state index contributed by atoms with van der Waals surface area (Å²) in [5.41, 5.74) is 2.80. The average Bonchev–Trinajstić information content (AvgIpc) is 2.87. The normalized spacial score (nSPS) is 30.3. The van der Waals surface area contributed by atoms with Crippen LogP contribution in [0.5, 0.6) is 0 Å². The predicted octanol–water partition coefficient (Wildman–Crippen LogP) is 3.52. The Bertz CT molecular complexity index is 423. The Hall–Kier alpha value is -0.510. The molecule has 3 atom stereocenters. The van der Waals surface area contributed by atoms with Crippen LogP contribution >= 0.6 is 11.8 Å². The molecule has 19 heavy (non-hydrogen) atoms. The monoisotopic (exact) mass is 277 g/mol. The van der Waals surface area contributed by atoms with E-state index in [1.165, 1.54) is 36.1 Å². The molecule has 104 valence electrons. The number of hydrogen-bond donors (Lipinski definition) is 1. The Morgan fingerprint density at radius 1 is 1.32 bits per heavy atom. The highest BCUT2D eigenvalue weighted by atomic mass is 32.2. The molecule has 0 bridgehead atoms. The topological polar surface area (TPSA) is 21.3 Å². The van der Waals surface area contributed by atoms with Crippen molar-refractivity contribution in [2.75, 3.05) is 12.4 Å². The molecule has 0 saturated heterocycles. The van der Waals surface area contributed by atoms with Gasteiger partial charge in [-0.3, -0.25) is 0 Å². The fourth-order valence-corrected chi connectivity index (χ4v) is 4.43. The third kappa shape index (κ3) is 3.15. The van der Waals surface area contributed by atoms with E-state index in [2.05, 4.69) is 48.3 Å². The number of ether oxygens (including phenoxy) is 1. The molecule has 1 heterocycles. The van der Waals surface area contributed by atoms with Crippen LogP contribution in [-0.2, 0) is 11.3 Å². The lowest BCUT2D eigenvalue weighted by Gasteiger charge is -2.29. The van der Waals surface area contributed by atoms with Crippen LogP contribution < -0.4 is 5.32 Å². The van der Waals surface area contributed by atoms with Gasteiger partial charge in [-0.25, -0.2) is 0 Å². The largest absolute Gasteiger partial charge is 0.375 e. The number of fused-ring (bicyclic) bond motifs is 1. The molecule has 3 unspecified atom stereocenters. The van der Waals surface area contributed by atoms with E-state index in [1.54, 1.807) is 0 Å². The van der Waals surface area contributed by atoms with Crippen molar-refractivity contribution in [1.29, 1.82) is 0 Å². The first-order chi connectivity index (χ1) is 9.36. The first kappa shape index (κ1) is 13.5. The van der Waals surface area contributed by atoms with Crippen LogP contribution in [0.25, 0.3) is 0 Å². The minimum Gasteiger partial charge on any atom is -0.375 e. The maximum Gasteiger partial charge on any atom is 0.0721 e. The Kier molecular flexibility index (Phi) is 4.46. The molecule has 0 amide bonds. The highest BCUT2D eigenvalue weighted by molar-refractivity contribution is 7.99. The van der Waals surface area contributed by atoms with Crippen LogP contribution in [0.4, 0.5) is 0 Å². The van der Waals surface area contributed by atoms with Crippen molar-refractivity contribution in [3.63, 3.8) is 0 Å². The van der Waals surface area contributed by atoms with Crippen molar-refractivity contribution in [2.24, 2.45) is 0 Å². The van der Waals surface area contributed by atoms with E-state index in [0.717, 1.165) is 18.5 Å². The van der Waals surface area contributed by atoms with Gasteiger partial charge in [0.1, 0.15) is 0 Å². The van der Waals surface area contributed by atoms with Crippen molar-refractivity contribution in [3.8, 4) is 0 Å². The van der Waals surface area contributed by atoms with Gasteiger partial charge in [-0.05, 0) is 36.1 Å². The molecule has 0 radical (unpaired) electrons. The minimum atomic E-state index is 0.389. The lowest BCUT2D eigenvalue weighted by atomic mass is 9.98. The van der Waals surface area contributed by atoms with Gasteiger partial charge in [0, 0.05) is 11.3 Å². The Morgan fingerprint density at radius 2 is 2.21 bits per heavy atom. The molecule has 1 saturated carbocycles. The van der Waals surface area contributed by atoms with E-state index in [1.807, 2.05) is 0 Å². The van der Waals surface area contributed by atoms with Gasteiger partial charge in [0.2, 0.25) is 0 Å². The van der Waals surface area contributed by atoms with E-state index in [0.29, 0.717) is 12.1 Å². The summed E-state index contributed by atoms with van der Waals surface area (Å²) >= 11 is 2.12. The number of hydrogen-bond acceptors (Lipinski definition) is 3. The van der Waals surface area contributed by atoms with Gasteiger partial charge in [-0.15, -0.1) is 0 Å². The fourth-order valence-electron chi connectivity index (χ4n) is 3.28. The van der Waals surface area contributed by atoms with Crippen molar-refractivity contribution in [2.45, 2.75) is 50.1 Å². The molecule has 1 aromatic rings. The Balaban J connectivity index is 1.62. The van der Waals surface area contributed by atoms with E-state index in [9.17, 15) is 0 Å². The number of rotatable bonds is 4. The molecule has 1 fully saturated rings. The quantitative estimate of drug-likeness (QED) is 0.910. The molecule has 1 aromatic carbocycles. The van der Waals surface area contributed by atoms with Gasteiger partial charge >= 0.3 is 0 Å². The van der Waals surface area contributed by atoms with Crippen LogP contribution in [-0.4, -0.2) is 23.7 Å². The van der Waals surface area contributed by atoms with Crippen LogP contribution in [0, 0.1) is 0 Å². The maximum atomic E-state index is 5.73. The zero-order valence-electron chi connectivity index (χ0n) is 11.6. The molecular weight excluding hydrogens is 254 g/mol. The smallest absolute Gasteiger partial charge is 0.0721 e. The molecule has 1 aliphatic carbocycles. The summed E-state index contributed by atoms with van der Waals surface area (Å²) < 4.78 is 5.73. The highest BCUT2D eigenvalue weighted by Gasteiger charge is 2.28. The summed E-state index contributed by atoms with van der Waals surface area (Å²) in [5, 5.41) is 4.69. The second-order valence-corrected chi connectivity index (χ2v) is 7.10. The molecule has 0 spiro atoms. The Morgan fingerprint density at radius 3 is 3.11 bits per heavy atom. The summed E-state index contributed by atoms with van der Waals surface area (Å²) in [6, 6.07) is 9.75. The van der Waals surface area contributed by atoms with E-state index < -0.39 is 0 Å². The first-order valence-corrected chi connectivity index (χ1v) is 8.45. The third-order valence-corrected chi connectivity index (χ3v) is 5.43. The van der Waals surface area contributed by atoms with E-state index >= 15 is 0 Å². The molecule has 3 heteroatoms. The van der Waals surface area contributed by atoms with Gasteiger partial charge in [-0.1, -0.05) is 31.2 Å². The van der Waals surface area contributed by atoms with Gasteiger partial charge in [0.15, 0.2) is 0 Å². The van der Waals surface area contributed by atoms with Crippen LogP contribution in [0.1, 0.15) is 43.4 Å². The SMILES string of the molecule is CCSC1CCC(NC2COCc3ccccc32)C1. The summed E-state index contributed by atoms with van der Waals surface area (Å²) in [4.78, 5) is 0. The maximum absolute atomic E-state index is 5.73. The minimum absolute atomic E-state index is 0.389. The third-order valence-electron chi connectivity index (χ3n) is 4.20.